The molecule has 1 fully saturated rings. The zero-order valence-electron chi connectivity index (χ0n) is 15.4. The second-order valence-electron chi connectivity index (χ2n) is 6.76. The Morgan fingerprint density at radius 2 is 2.08 bits per heavy atom. The minimum atomic E-state index is 0.107. The largest absolute Gasteiger partial charge is 0.298 e. The van der Waals surface area contributed by atoms with Crippen LogP contribution in [0.25, 0.3) is 0 Å². The predicted octanol–water partition coefficient (Wildman–Crippen LogP) is 4.03. The number of ketones is 1. The lowest BCUT2D eigenvalue weighted by molar-refractivity contribution is 0.0811. The molecule has 3 rings (SSSR count). The molecule has 0 amide bonds. The molecule has 5 heteroatoms. The van der Waals surface area contributed by atoms with E-state index in [4.69, 9.17) is 0 Å². The summed E-state index contributed by atoms with van der Waals surface area (Å²) < 4.78 is 1.99. The summed E-state index contributed by atoms with van der Waals surface area (Å²) >= 11 is 1.70. The van der Waals surface area contributed by atoms with E-state index < -0.39 is 0 Å². The summed E-state index contributed by atoms with van der Waals surface area (Å²) in [4.78, 5) is 16.5. The minimum Gasteiger partial charge on any atom is -0.298 e. The number of thioether (sulfide) groups is 1. The van der Waals surface area contributed by atoms with Crippen LogP contribution in [-0.4, -0.2) is 39.8 Å². The van der Waals surface area contributed by atoms with E-state index in [1.165, 1.54) is 10.5 Å². The van der Waals surface area contributed by atoms with Gasteiger partial charge in [0, 0.05) is 47.8 Å². The van der Waals surface area contributed by atoms with Crippen LogP contribution in [0.1, 0.15) is 41.4 Å². The van der Waals surface area contributed by atoms with Crippen molar-refractivity contribution in [2.75, 3.05) is 19.3 Å². The van der Waals surface area contributed by atoms with Crippen LogP contribution in [0.5, 0.6) is 0 Å². The molecule has 0 spiro atoms. The van der Waals surface area contributed by atoms with Crippen molar-refractivity contribution in [3.8, 4) is 0 Å². The van der Waals surface area contributed by atoms with E-state index in [1.807, 2.05) is 28.9 Å². The topological polar surface area (TPSA) is 38.1 Å². The van der Waals surface area contributed by atoms with E-state index in [0.717, 1.165) is 50.3 Å². The molecule has 25 heavy (non-hydrogen) atoms. The van der Waals surface area contributed by atoms with Gasteiger partial charge in [-0.25, -0.2) is 0 Å². The van der Waals surface area contributed by atoms with Gasteiger partial charge < -0.3 is 0 Å². The molecule has 0 N–H and O–H groups in total. The first-order valence-electron chi connectivity index (χ1n) is 9.04. The number of hydrogen-bond donors (Lipinski definition) is 0. The lowest BCUT2D eigenvalue weighted by atomic mass is 9.90. The first kappa shape index (κ1) is 18.2. The summed E-state index contributed by atoms with van der Waals surface area (Å²) in [5.41, 5.74) is 3.22. The fourth-order valence-electron chi connectivity index (χ4n) is 3.52. The van der Waals surface area contributed by atoms with Gasteiger partial charge in [-0.05, 0) is 51.6 Å². The van der Waals surface area contributed by atoms with Crippen LogP contribution in [0.15, 0.2) is 35.4 Å². The molecule has 1 aromatic heterocycles. The van der Waals surface area contributed by atoms with Gasteiger partial charge in [0.2, 0.25) is 0 Å². The third-order valence-electron chi connectivity index (χ3n) is 5.02. The molecule has 0 saturated carbocycles. The van der Waals surface area contributed by atoms with Crippen molar-refractivity contribution in [2.45, 2.75) is 44.7 Å². The molecule has 2 heterocycles. The molecule has 1 aromatic carbocycles. The highest BCUT2D eigenvalue weighted by molar-refractivity contribution is 7.98. The monoisotopic (exact) mass is 357 g/mol. The number of hydrogen-bond acceptors (Lipinski definition) is 4. The maximum absolute atomic E-state index is 12.9. The van der Waals surface area contributed by atoms with E-state index in [0.29, 0.717) is 5.78 Å². The predicted molar refractivity (Wildman–Crippen MR) is 103 cm³/mol. The molecule has 1 aliphatic rings. The molecule has 1 aliphatic heterocycles. The number of aryl methyl sites for hydroxylation is 2. The van der Waals surface area contributed by atoms with Gasteiger partial charge in [-0.3, -0.25) is 14.4 Å². The smallest absolute Gasteiger partial charge is 0.167 e. The Morgan fingerprint density at radius 3 is 2.72 bits per heavy atom. The molecule has 0 aliphatic carbocycles. The molecule has 2 aromatic rings. The molecule has 1 atom stereocenters. The highest BCUT2D eigenvalue weighted by Crippen LogP contribution is 2.24. The van der Waals surface area contributed by atoms with Crippen LogP contribution in [0.4, 0.5) is 0 Å². The van der Waals surface area contributed by atoms with Gasteiger partial charge in [-0.15, -0.1) is 11.8 Å². The van der Waals surface area contributed by atoms with Crippen LogP contribution >= 0.6 is 11.8 Å². The summed E-state index contributed by atoms with van der Waals surface area (Å²) in [7, 11) is 0. The molecular weight excluding hydrogens is 330 g/mol. The number of rotatable bonds is 6. The SMILES string of the molecule is CCn1cc(CN2CCC[C@H](C(=O)c3ccc(SC)cc3)C2)c(C)n1. The fourth-order valence-corrected chi connectivity index (χ4v) is 3.93. The van der Waals surface area contributed by atoms with E-state index in [-0.39, 0.29) is 5.92 Å². The van der Waals surface area contributed by atoms with Crippen molar-refractivity contribution >= 4 is 17.5 Å². The number of Topliss-reactive ketones (excluding diaryl/α,β-unsaturated/α-hetero) is 1. The van der Waals surface area contributed by atoms with E-state index in [2.05, 4.69) is 36.3 Å². The Morgan fingerprint density at radius 1 is 1.32 bits per heavy atom. The number of carbonyl (C=O) groups excluding carboxylic acids is 1. The summed E-state index contributed by atoms with van der Waals surface area (Å²) in [6, 6.07) is 8.03. The van der Waals surface area contributed by atoms with Crippen molar-refractivity contribution in [2.24, 2.45) is 5.92 Å². The number of aromatic nitrogens is 2. The number of benzene rings is 1. The Bertz CT molecular complexity index is 723. The van der Waals surface area contributed by atoms with Gasteiger partial charge in [0.05, 0.1) is 5.69 Å². The highest BCUT2D eigenvalue weighted by Gasteiger charge is 2.27. The van der Waals surface area contributed by atoms with Gasteiger partial charge in [0.25, 0.3) is 0 Å². The Balaban J connectivity index is 1.65. The summed E-state index contributed by atoms with van der Waals surface area (Å²) in [6.07, 6.45) is 6.27. The summed E-state index contributed by atoms with van der Waals surface area (Å²) in [6.45, 7) is 7.87. The second kappa shape index (κ2) is 8.19. The van der Waals surface area contributed by atoms with Crippen molar-refractivity contribution < 1.29 is 4.79 Å². The average molecular weight is 358 g/mol. The zero-order valence-corrected chi connectivity index (χ0v) is 16.2. The zero-order chi connectivity index (χ0) is 17.8. The van der Waals surface area contributed by atoms with Gasteiger partial charge in [-0.1, -0.05) is 12.1 Å². The molecule has 1 saturated heterocycles. The third-order valence-corrected chi connectivity index (χ3v) is 5.76. The normalized spacial score (nSPS) is 18.4. The van der Waals surface area contributed by atoms with Crippen molar-refractivity contribution in [1.29, 1.82) is 0 Å². The van der Waals surface area contributed by atoms with E-state index in [1.54, 1.807) is 11.8 Å². The van der Waals surface area contributed by atoms with Crippen LogP contribution in [0.3, 0.4) is 0 Å². The number of nitrogens with zero attached hydrogens (tertiary/aromatic N) is 3. The second-order valence-corrected chi connectivity index (χ2v) is 7.64. The standard InChI is InChI=1S/C20H27N3OS/c1-4-23-14-18(15(2)21-23)13-22-11-5-6-17(12-22)20(24)16-7-9-19(25-3)10-8-16/h7-10,14,17H,4-6,11-13H2,1-3H3/t17-/m0/s1. The molecule has 0 radical (unpaired) electrons. The van der Waals surface area contributed by atoms with Gasteiger partial charge in [0.1, 0.15) is 0 Å². The number of piperidine rings is 1. The van der Waals surface area contributed by atoms with E-state index >= 15 is 0 Å². The molecule has 0 bridgehead atoms. The van der Waals surface area contributed by atoms with Gasteiger partial charge >= 0.3 is 0 Å². The van der Waals surface area contributed by atoms with Crippen molar-refractivity contribution in [3.05, 3.63) is 47.3 Å². The minimum absolute atomic E-state index is 0.107. The van der Waals surface area contributed by atoms with Gasteiger partial charge in [-0.2, -0.15) is 5.10 Å². The first-order chi connectivity index (χ1) is 12.1. The maximum Gasteiger partial charge on any atom is 0.167 e. The summed E-state index contributed by atoms with van der Waals surface area (Å²) in [5, 5.41) is 4.53. The fraction of sp³-hybridized carbons (Fsp3) is 0.500. The quantitative estimate of drug-likeness (QED) is 0.578. The van der Waals surface area contributed by atoms with Crippen LogP contribution < -0.4 is 0 Å². The lowest BCUT2D eigenvalue weighted by Crippen LogP contribution is -2.38. The van der Waals surface area contributed by atoms with Gasteiger partial charge in [0.15, 0.2) is 5.78 Å². The Kier molecular flexibility index (Phi) is 5.97. The van der Waals surface area contributed by atoms with E-state index in [9.17, 15) is 4.79 Å². The van der Waals surface area contributed by atoms with Crippen molar-refractivity contribution in [3.63, 3.8) is 0 Å². The Hall–Kier alpha value is -1.59. The maximum atomic E-state index is 12.9. The first-order valence-corrected chi connectivity index (χ1v) is 10.3. The third kappa shape index (κ3) is 4.33. The lowest BCUT2D eigenvalue weighted by Gasteiger charge is -2.31. The van der Waals surface area contributed by atoms with Crippen LogP contribution in [0.2, 0.25) is 0 Å². The van der Waals surface area contributed by atoms with Crippen LogP contribution in [0, 0.1) is 12.8 Å². The van der Waals surface area contributed by atoms with Crippen LogP contribution in [-0.2, 0) is 13.1 Å². The highest BCUT2D eigenvalue weighted by atomic mass is 32.2. The molecule has 0 unspecified atom stereocenters. The molecule has 134 valence electrons. The molecular formula is C20H27N3OS. The number of likely N-dealkylation sites (tertiary alicyclic amines) is 1. The summed E-state index contributed by atoms with van der Waals surface area (Å²) in [5.74, 6) is 0.397. The van der Waals surface area contributed by atoms with Crippen molar-refractivity contribution in [1.82, 2.24) is 14.7 Å². The molecule has 4 nitrogen and oxygen atoms in total. The average Bonchev–Trinajstić information content (AvgIpc) is 3.01. The number of carbonyl (C=O) groups is 1. The Labute approximate surface area is 154 Å².